The van der Waals surface area contributed by atoms with Crippen molar-refractivity contribution in [3.63, 3.8) is 0 Å². The minimum atomic E-state index is -0.284. The maximum atomic E-state index is 12.6. The molecule has 0 aromatic carbocycles. The van der Waals surface area contributed by atoms with Gasteiger partial charge in [0.1, 0.15) is 5.69 Å². The Morgan fingerprint density at radius 3 is 2.65 bits per heavy atom. The second kappa shape index (κ2) is 6.44. The summed E-state index contributed by atoms with van der Waals surface area (Å²) in [5, 5.41) is 2.72. The van der Waals surface area contributed by atoms with E-state index in [1.165, 1.54) is 6.07 Å². The number of aromatic nitrogens is 1. The second-order valence-electron chi connectivity index (χ2n) is 7.07. The lowest BCUT2D eigenvalue weighted by molar-refractivity contribution is -0.120. The van der Waals surface area contributed by atoms with Crippen molar-refractivity contribution in [2.24, 2.45) is 5.41 Å². The van der Waals surface area contributed by atoms with Crippen LogP contribution >= 0.6 is 0 Å². The average Bonchev–Trinajstić information content (AvgIpc) is 2.68. The number of hydrogen-bond donors (Lipinski definition) is 3. The molecule has 0 saturated carbocycles. The lowest BCUT2D eigenvalue weighted by atomic mass is 9.89. The molecule has 2 amide bonds. The van der Waals surface area contributed by atoms with Gasteiger partial charge in [0.2, 0.25) is 5.91 Å². The van der Waals surface area contributed by atoms with Crippen molar-refractivity contribution in [1.29, 1.82) is 0 Å². The highest BCUT2D eigenvalue weighted by molar-refractivity contribution is 6.02. The molecular formula is C16H24N4O3. The third-order valence-corrected chi connectivity index (χ3v) is 3.65. The molecule has 1 aliphatic rings. The number of carbonyl (C=O) groups is 3. The van der Waals surface area contributed by atoms with E-state index in [9.17, 15) is 14.4 Å². The van der Waals surface area contributed by atoms with Crippen molar-refractivity contribution in [2.45, 2.75) is 33.6 Å². The van der Waals surface area contributed by atoms with Crippen molar-refractivity contribution in [3.8, 4) is 0 Å². The Hall–Kier alpha value is -2.31. The van der Waals surface area contributed by atoms with Crippen LogP contribution in [0.4, 0.5) is 5.69 Å². The SMILES string of the molecule is CC(C)(C)CC(=O)c1cc(N)c(C(=O)N2CCNC(=O)CC2)[nH]1. The van der Waals surface area contributed by atoms with Gasteiger partial charge in [0, 0.05) is 32.5 Å². The zero-order chi connectivity index (χ0) is 17.2. The summed E-state index contributed by atoms with van der Waals surface area (Å²) in [6.07, 6.45) is 0.630. The van der Waals surface area contributed by atoms with Crippen LogP contribution in [0.25, 0.3) is 0 Å². The summed E-state index contributed by atoms with van der Waals surface area (Å²) in [5.41, 5.74) is 6.59. The first kappa shape index (κ1) is 17.1. The van der Waals surface area contributed by atoms with Gasteiger partial charge in [0.05, 0.1) is 11.4 Å². The van der Waals surface area contributed by atoms with Crippen molar-refractivity contribution in [1.82, 2.24) is 15.2 Å². The zero-order valence-corrected chi connectivity index (χ0v) is 13.9. The van der Waals surface area contributed by atoms with E-state index < -0.39 is 0 Å². The van der Waals surface area contributed by atoms with Crippen LogP contribution in [0, 0.1) is 5.41 Å². The highest BCUT2D eigenvalue weighted by Crippen LogP contribution is 2.23. The largest absolute Gasteiger partial charge is 0.397 e. The highest BCUT2D eigenvalue weighted by Gasteiger charge is 2.25. The molecule has 1 aliphatic heterocycles. The fourth-order valence-corrected chi connectivity index (χ4v) is 2.50. The number of nitrogens with one attached hydrogen (secondary N) is 2. The normalized spacial score (nSPS) is 16.0. The molecule has 1 aromatic heterocycles. The van der Waals surface area contributed by atoms with E-state index in [4.69, 9.17) is 5.73 Å². The molecular weight excluding hydrogens is 296 g/mol. The van der Waals surface area contributed by atoms with Crippen molar-refractivity contribution >= 4 is 23.3 Å². The Bertz CT molecular complexity index is 628. The van der Waals surface area contributed by atoms with Gasteiger partial charge in [-0.2, -0.15) is 0 Å². The van der Waals surface area contributed by atoms with Crippen molar-refractivity contribution in [2.75, 3.05) is 25.4 Å². The number of anilines is 1. The molecule has 1 aromatic rings. The number of hydrogen-bond acceptors (Lipinski definition) is 4. The number of amides is 2. The van der Waals surface area contributed by atoms with Gasteiger partial charge in [-0.05, 0) is 11.5 Å². The van der Waals surface area contributed by atoms with Gasteiger partial charge in [0.15, 0.2) is 5.78 Å². The number of aromatic amines is 1. The van der Waals surface area contributed by atoms with E-state index in [-0.39, 0.29) is 40.8 Å². The number of rotatable bonds is 3. The molecule has 2 heterocycles. The monoisotopic (exact) mass is 320 g/mol. The topological polar surface area (TPSA) is 108 Å². The van der Waals surface area contributed by atoms with E-state index in [0.29, 0.717) is 31.7 Å². The fourth-order valence-electron chi connectivity index (χ4n) is 2.50. The van der Waals surface area contributed by atoms with Crippen LogP contribution in [-0.2, 0) is 4.79 Å². The quantitative estimate of drug-likeness (QED) is 0.727. The lowest BCUT2D eigenvalue weighted by Crippen LogP contribution is -2.34. The van der Waals surface area contributed by atoms with Gasteiger partial charge in [-0.15, -0.1) is 0 Å². The Balaban J connectivity index is 2.15. The highest BCUT2D eigenvalue weighted by atomic mass is 16.2. The Kier molecular flexibility index (Phi) is 4.77. The summed E-state index contributed by atoms with van der Waals surface area (Å²) >= 11 is 0. The van der Waals surface area contributed by atoms with E-state index in [1.54, 1.807) is 4.90 Å². The van der Waals surface area contributed by atoms with E-state index >= 15 is 0 Å². The number of ketones is 1. The first-order chi connectivity index (χ1) is 10.7. The molecule has 4 N–H and O–H groups in total. The molecule has 1 saturated heterocycles. The van der Waals surface area contributed by atoms with Crippen LogP contribution in [0.15, 0.2) is 6.07 Å². The molecule has 0 radical (unpaired) electrons. The molecule has 23 heavy (non-hydrogen) atoms. The fraction of sp³-hybridized carbons (Fsp3) is 0.562. The third kappa shape index (κ3) is 4.34. The van der Waals surface area contributed by atoms with Crippen LogP contribution in [-0.4, -0.2) is 47.1 Å². The van der Waals surface area contributed by atoms with Gasteiger partial charge >= 0.3 is 0 Å². The summed E-state index contributed by atoms with van der Waals surface area (Å²) in [7, 11) is 0. The Morgan fingerprint density at radius 2 is 2.00 bits per heavy atom. The molecule has 7 nitrogen and oxygen atoms in total. The lowest BCUT2D eigenvalue weighted by Gasteiger charge is -2.19. The Labute approximate surface area is 135 Å². The average molecular weight is 320 g/mol. The van der Waals surface area contributed by atoms with Gasteiger partial charge in [-0.1, -0.05) is 20.8 Å². The summed E-state index contributed by atoms with van der Waals surface area (Å²) in [6.45, 7) is 7.11. The van der Waals surface area contributed by atoms with Crippen LogP contribution in [0.3, 0.4) is 0 Å². The number of Topliss-reactive ketones (excluding diaryl/α,β-unsaturated/α-hetero) is 1. The Morgan fingerprint density at radius 1 is 1.30 bits per heavy atom. The van der Waals surface area contributed by atoms with Gasteiger partial charge in [-0.25, -0.2) is 0 Å². The van der Waals surface area contributed by atoms with E-state index in [1.807, 2.05) is 20.8 Å². The van der Waals surface area contributed by atoms with Gasteiger partial charge < -0.3 is 20.9 Å². The first-order valence-electron chi connectivity index (χ1n) is 7.75. The summed E-state index contributed by atoms with van der Waals surface area (Å²) in [5.74, 6) is -0.425. The number of nitrogen functional groups attached to an aromatic ring is 1. The predicted octanol–water partition coefficient (Wildman–Crippen LogP) is 1.18. The molecule has 126 valence electrons. The molecule has 0 bridgehead atoms. The summed E-state index contributed by atoms with van der Waals surface area (Å²) < 4.78 is 0. The van der Waals surface area contributed by atoms with Gasteiger partial charge in [0.25, 0.3) is 5.91 Å². The molecule has 7 heteroatoms. The summed E-state index contributed by atoms with van der Waals surface area (Å²) in [4.78, 5) is 40.6. The number of nitrogens with zero attached hydrogens (tertiary/aromatic N) is 1. The van der Waals surface area contributed by atoms with Gasteiger partial charge in [-0.3, -0.25) is 14.4 Å². The van der Waals surface area contributed by atoms with Crippen molar-refractivity contribution < 1.29 is 14.4 Å². The molecule has 1 fully saturated rings. The van der Waals surface area contributed by atoms with Crippen molar-refractivity contribution in [3.05, 3.63) is 17.5 Å². The maximum absolute atomic E-state index is 12.6. The smallest absolute Gasteiger partial charge is 0.272 e. The molecule has 0 unspecified atom stereocenters. The number of H-pyrrole nitrogens is 1. The second-order valence-corrected chi connectivity index (χ2v) is 7.07. The minimum Gasteiger partial charge on any atom is -0.397 e. The maximum Gasteiger partial charge on any atom is 0.272 e. The zero-order valence-electron chi connectivity index (χ0n) is 13.9. The third-order valence-electron chi connectivity index (χ3n) is 3.65. The van der Waals surface area contributed by atoms with Crippen LogP contribution in [0.5, 0.6) is 0 Å². The molecule has 0 spiro atoms. The van der Waals surface area contributed by atoms with Crippen LogP contribution < -0.4 is 11.1 Å². The number of nitrogens with two attached hydrogens (primary N) is 1. The standard InChI is InChI=1S/C16H24N4O3/c1-16(2,3)9-12(21)11-8-10(17)14(19-11)15(23)20-6-4-13(22)18-5-7-20/h8,19H,4-7,9,17H2,1-3H3,(H,18,22). The summed E-state index contributed by atoms with van der Waals surface area (Å²) in [6, 6.07) is 1.52. The van der Waals surface area contributed by atoms with Crippen LogP contribution in [0.2, 0.25) is 0 Å². The number of carbonyl (C=O) groups excluding carboxylic acids is 3. The predicted molar refractivity (Wildman–Crippen MR) is 87.1 cm³/mol. The van der Waals surface area contributed by atoms with E-state index in [0.717, 1.165) is 0 Å². The first-order valence-corrected chi connectivity index (χ1v) is 7.75. The van der Waals surface area contributed by atoms with Crippen LogP contribution in [0.1, 0.15) is 54.6 Å². The molecule has 2 rings (SSSR count). The van der Waals surface area contributed by atoms with E-state index in [2.05, 4.69) is 10.3 Å². The molecule has 0 atom stereocenters. The minimum absolute atomic E-state index is 0.0687. The molecule has 0 aliphatic carbocycles.